The fourth-order valence-corrected chi connectivity index (χ4v) is 1.48. The third-order valence-electron chi connectivity index (χ3n) is 2.88. The summed E-state index contributed by atoms with van der Waals surface area (Å²) >= 11 is 0. The molecule has 0 spiro atoms. The highest BCUT2D eigenvalue weighted by Crippen LogP contribution is 2.15. The molecule has 0 aliphatic carbocycles. The molecule has 1 unspecified atom stereocenters. The van der Waals surface area contributed by atoms with Crippen molar-refractivity contribution in [1.82, 2.24) is 0 Å². The van der Waals surface area contributed by atoms with Crippen LogP contribution < -0.4 is 11.1 Å². The summed E-state index contributed by atoms with van der Waals surface area (Å²) < 4.78 is 0. The predicted molar refractivity (Wildman–Crippen MR) is 75.2 cm³/mol. The van der Waals surface area contributed by atoms with Crippen molar-refractivity contribution in [3.05, 3.63) is 29.3 Å². The van der Waals surface area contributed by atoms with Gasteiger partial charge in [-0.25, -0.2) is 0 Å². The van der Waals surface area contributed by atoms with Crippen LogP contribution in [0.2, 0.25) is 0 Å². The molecule has 0 aromatic heterocycles. The van der Waals surface area contributed by atoms with E-state index in [9.17, 15) is 4.79 Å². The molecule has 0 heterocycles. The zero-order valence-corrected chi connectivity index (χ0v) is 11.2. The summed E-state index contributed by atoms with van der Waals surface area (Å²) in [7, 11) is 0. The molecule has 0 saturated carbocycles. The Morgan fingerprint density at radius 1 is 1.50 bits per heavy atom. The Morgan fingerprint density at radius 3 is 2.78 bits per heavy atom. The highest BCUT2D eigenvalue weighted by molar-refractivity contribution is 5.92. The first-order valence-electron chi connectivity index (χ1n) is 6.19. The minimum absolute atomic E-state index is 0.0296. The SMILES string of the molecule is CCC(C)C(=O)Nc1ccc(C#CCN)c(C)c1. The molecule has 3 heteroatoms. The molecule has 0 aliphatic rings. The van der Waals surface area contributed by atoms with Crippen molar-refractivity contribution in [3.8, 4) is 11.8 Å². The average molecular weight is 244 g/mol. The van der Waals surface area contributed by atoms with Gasteiger partial charge in [0.05, 0.1) is 6.54 Å². The number of hydrogen-bond donors (Lipinski definition) is 2. The third-order valence-corrected chi connectivity index (χ3v) is 2.88. The second-order valence-electron chi connectivity index (χ2n) is 4.33. The number of carbonyl (C=O) groups excluding carboxylic acids is 1. The Balaban J connectivity index is 2.82. The van der Waals surface area contributed by atoms with Gasteiger partial charge in [0.25, 0.3) is 0 Å². The van der Waals surface area contributed by atoms with Crippen LogP contribution in [0.5, 0.6) is 0 Å². The van der Waals surface area contributed by atoms with Crippen LogP contribution >= 0.6 is 0 Å². The van der Waals surface area contributed by atoms with E-state index in [1.807, 2.05) is 39.0 Å². The first-order chi connectivity index (χ1) is 8.58. The van der Waals surface area contributed by atoms with Gasteiger partial charge in [-0.15, -0.1) is 0 Å². The predicted octanol–water partition coefficient (Wildman–Crippen LogP) is 2.29. The van der Waals surface area contributed by atoms with Crippen molar-refractivity contribution in [2.75, 3.05) is 11.9 Å². The Morgan fingerprint density at radius 2 is 2.22 bits per heavy atom. The van der Waals surface area contributed by atoms with Gasteiger partial charge in [0.1, 0.15) is 0 Å². The molecule has 1 aromatic carbocycles. The molecule has 3 N–H and O–H groups in total. The number of aryl methyl sites for hydroxylation is 1. The molecule has 1 aromatic rings. The second kappa shape index (κ2) is 6.83. The summed E-state index contributed by atoms with van der Waals surface area (Å²) in [5.41, 5.74) is 8.14. The topological polar surface area (TPSA) is 55.1 Å². The molecule has 0 saturated heterocycles. The largest absolute Gasteiger partial charge is 0.326 e. The normalized spacial score (nSPS) is 11.3. The molecular formula is C15H20N2O. The van der Waals surface area contributed by atoms with Gasteiger partial charge in [0.15, 0.2) is 0 Å². The quantitative estimate of drug-likeness (QED) is 0.801. The molecule has 1 amide bonds. The Labute approximate surface area is 109 Å². The monoisotopic (exact) mass is 244 g/mol. The van der Waals surface area contributed by atoms with Crippen LogP contribution in [0.25, 0.3) is 0 Å². The van der Waals surface area contributed by atoms with E-state index >= 15 is 0 Å². The van der Waals surface area contributed by atoms with Crippen molar-refractivity contribution in [2.24, 2.45) is 11.7 Å². The molecule has 0 fully saturated rings. The number of anilines is 1. The number of benzene rings is 1. The first-order valence-corrected chi connectivity index (χ1v) is 6.19. The standard InChI is InChI=1S/C15H20N2O/c1-4-11(2)15(18)17-14-8-7-13(6-5-9-16)12(3)10-14/h7-8,10-11H,4,9,16H2,1-3H3,(H,17,18). The second-order valence-corrected chi connectivity index (χ2v) is 4.33. The van der Waals surface area contributed by atoms with Crippen LogP contribution in [0.3, 0.4) is 0 Å². The van der Waals surface area contributed by atoms with Crippen LogP contribution in [-0.2, 0) is 4.79 Å². The van der Waals surface area contributed by atoms with Gasteiger partial charge in [-0.3, -0.25) is 4.79 Å². The maximum atomic E-state index is 11.8. The summed E-state index contributed by atoms with van der Waals surface area (Å²) in [6.07, 6.45) is 0.838. The lowest BCUT2D eigenvalue weighted by atomic mass is 10.1. The Kier molecular flexibility index (Phi) is 5.41. The third kappa shape index (κ3) is 3.90. The van der Waals surface area contributed by atoms with E-state index in [2.05, 4.69) is 17.2 Å². The zero-order valence-electron chi connectivity index (χ0n) is 11.2. The van der Waals surface area contributed by atoms with E-state index < -0.39 is 0 Å². The van der Waals surface area contributed by atoms with Gasteiger partial charge in [0.2, 0.25) is 5.91 Å². The maximum absolute atomic E-state index is 11.8. The highest BCUT2D eigenvalue weighted by Gasteiger charge is 2.10. The minimum Gasteiger partial charge on any atom is -0.326 e. The lowest BCUT2D eigenvalue weighted by Crippen LogP contribution is -2.19. The summed E-state index contributed by atoms with van der Waals surface area (Å²) in [4.78, 5) is 11.8. The Hall–Kier alpha value is -1.79. The van der Waals surface area contributed by atoms with Crippen molar-refractivity contribution in [1.29, 1.82) is 0 Å². The molecule has 96 valence electrons. The molecule has 0 bridgehead atoms. The number of carbonyl (C=O) groups is 1. The van der Waals surface area contributed by atoms with E-state index in [1.54, 1.807) is 0 Å². The molecule has 1 atom stereocenters. The highest BCUT2D eigenvalue weighted by atomic mass is 16.1. The van der Waals surface area contributed by atoms with E-state index in [0.717, 1.165) is 23.2 Å². The van der Waals surface area contributed by atoms with Crippen molar-refractivity contribution < 1.29 is 4.79 Å². The van der Waals surface area contributed by atoms with Crippen molar-refractivity contribution in [3.63, 3.8) is 0 Å². The zero-order chi connectivity index (χ0) is 13.5. The van der Waals surface area contributed by atoms with E-state index in [1.165, 1.54) is 0 Å². The number of nitrogens with one attached hydrogen (secondary N) is 1. The maximum Gasteiger partial charge on any atom is 0.227 e. The van der Waals surface area contributed by atoms with E-state index in [0.29, 0.717) is 6.54 Å². The first kappa shape index (κ1) is 14.3. The minimum atomic E-state index is 0.0296. The summed E-state index contributed by atoms with van der Waals surface area (Å²) in [5.74, 6) is 5.91. The van der Waals surface area contributed by atoms with Gasteiger partial charge >= 0.3 is 0 Å². The number of nitrogens with two attached hydrogens (primary N) is 1. The van der Waals surface area contributed by atoms with Crippen LogP contribution in [0.15, 0.2) is 18.2 Å². The van der Waals surface area contributed by atoms with Crippen LogP contribution in [-0.4, -0.2) is 12.5 Å². The van der Waals surface area contributed by atoms with Gasteiger partial charge in [-0.1, -0.05) is 25.7 Å². The molecule has 18 heavy (non-hydrogen) atoms. The molecule has 3 nitrogen and oxygen atoms in total. The van der Waals surface area contributed by atoms with Gasteiger partial charge in [-0.2, -0.15) is 0 Å². The lowest BCUT2D eigenvalue weighted by Gasteiger charge is -2.11. The number of amides is 1. The van der Waals surface area contributed by atoms with Crippen molar-refractivity contribution >= 4 is 11.6 Å². The molecule has 0 aliphatic heterocycles. The van der Waals surface area contributed by atoms with Gasteiger partial charge < -0.3 is 11.1 Å². The summed E-state index contributed by atoms with van der Waals surface area (Å²) in [6.45, 7) is 6.25. The Bertz CT molecular complexity index is 483. The average Bonchev–Trinajstić information content (AvgIpc) is 2.36. The molecule has 1 rings (SSSR count). The smallest absolute Gasteiger partial charge is 0.227 e. The van der Waals surface area contributed by atoms with Gasteiger partial charge in [0, 0.05) is 17.2 Å². The lowest BCUT2D eigenvalue weighted by molar-refractivity contribution is -0.119. The van der Waals surface area contributed by atoms with Crippen molar-refractivity contribution in [2.45, 2.75) is 27.2 Å². The number of hydrogen-bond acceptors (Lipinski definition) is 2. The van der Waals surface area contributed by atoms with E-state index in [4.69, 9.17) is 5.73 Å². The summed E-state index contributed by atoms with van der Waals surface area (Å²) in [5, 5.41) is 2.90. The van der Waals surface area contributed by atoms with Crippen LogP contribution in [0.1, 0.15) is 31.4 Å². The molecular weight excluding hydrogens is 224 g/mol. The molecule has 0 radical (unpaired) electrons. The summed E-state index contributed by atoms with van der Waals surface area (Å²) in [6, 6.07) is 5.71. The van der Waals surface area contributed by atoms with E-state index in [-0.39, 0.29) is 11.8 Å². The van der Waals surface area contributed by atoms with Crippen LogP contribution in [0, 0.1) is 24.7 Å². The number of rotatable bonds is 3. The fraction of sp³-hybridized carbons (Fsp3) is 0.400. The van der Waals surface area contributed by atoms with Gasteiger partial charge in [-0.05, 0) is 37.1 Å². The van der Waals surface area contributed by atoms with Crippen LogP contribution in [0.4, 0.5) is 5.69 Å². The fourth-order valence-electron chi connectivity index (χ4n) is 1.48.